The van der Waals surface area contributed by atoms with Gasteiger partial charge in [-0.15, -0.1) is 11.8 Å². The van der Waals surface area contributed by atoms with Crippen LogP contribution in [0.15, 0.2) is 29.2 Å². The van der Waals surface area contributed by atoms with Gasteiger partial charge in [-0.3, -0.25) is 4.79 Å². The van der Waals surface area contributed by atoms with Gasteiger partial charge in [-0.05, 0) is 29.8 Å². The summed E-state index contributed by atoms with van der Waals surface area (Å²) in [5.74, 6) is 0.280. The third-order valence-corrected chi connectivity index (χ3v) is 2.67. The van der Waals surface area contributed by atoms with E-state index in [0.717, 1.165) is 4.90 Å². The molecule has 4 heteroatoms. The van der Waals surface area contributed by atoms with E-state index in [1.54, 1.807) is 12.1 Å². The van der Waals surface area contributed by atoms with Gasteiger partial charge in [0.25, 0.3) is 0 Å². The molecule has 0 radical (unpaired) electrons. The van der Waals surface area contributed by atoms with E-state index in [4.69, 9.17) is 23.2 Å². The Morgan fingerprint density at radius 2 is 2.25 bits per heavy atom. The van der Waals surface area contributed by atoms with Crippen LogP contribution >= 0.6 is 35.0 Å². The third kappa shape index (κ3) is 3.48. The zero-order valence-electron chi connectivity index (χ0n) is 6.09. The van der Waals surface area contributed by atoms with Gasteiger partial charge in [0.2, 0.25) is 5.24 Å². The molecule has 0 N–H and O–H groups in total. The predicted molar refractivity (Wildman–Crippen MR) is 53.0 cm³/mol. The summed E-state index contributed by atoms with van der Waals surface area (Å²) in [6, 6.07) is 7.31. The fourth-order valence-electron chi connectivity index (χ4n) is 0.697. The van der Waals surface area contributed by atoms with Gasteiger partial charge in [-0.25, -0.2) is 0 Å². The summed E-state index contributed by atoms with van der Waals surface area (Å²) < 4.78 is 0. The van der Waals surface area contributed by atoms with Crippen LogP contribution in [0, 0.1) is 0 Å². The lowest BCUT2D eigenvalue weighted by atomic mass is 10.4. The fraction of sp³-hybridized carbons (Fsp3) is 0.125. The van der Waals surface area contributed by atoms with Crippen LogP contribution in [0.3, 0.4) is 0 Å². The van der Waals surface area contributed by atoms with Crippen molar-refractivity contribution in [1.29, 1.82) is 0 Å². The Balaban J connectivity index is 2.57. The number of thioether (sulfide) groups is 1. The standard InChI is InChI=1S/C8H6Cl2OS/c9-6-2-1-3-7(4-6)12-5-8(10)11/h1-4H,5H2. The Kier molecular flexibility index (Phi) is 3.92. The molecule has 0 atom stereocenters. The highest BCUT2D eigenvalue weighted by Gasteiger charge is 1.98. The smallest absolute Gasteiger partial charge is 0.231 e. The molecule has 0 saturated carbocycles. The molecule has 0 aliphatic rings. The quantitative estimate of drug-likeness (QED) is 0.575. The largest absolute Gasteiger partial charge is 0.280 e. The van der Waals surface area contributed by atoms with Gasteiger partial charge in [0.15, 0.2) is 0 Å². The number of hydrogen-bond acceptors (Lipinski definition) is 2. The molecule has 0 unspecified atom stereocenters. The van der Waals surface area contributed by atoms with E-state index in [0.29, 0.717) is 5.02 Å². The van der Waals surface area contributed by atoms with E-state index >= 15 is 0 Å². The van der Waals surface area contributed by atoms with Crippen molar-refractivity contribution in [2.75, 3.05) is 5.75 Å². The maximum Gasteiger partial charge on any atom is 0.231 e. The highest BCUT2D eigenvalue weighted by molar-refractivity contribution is 8.00. The molecule has 0 amide bonds. The molecule has 0 heterocycles. The van der Waals surface area contributed by atoms with Crippen LogP contribution < -0.4 is 0 Å². The Hall–Kier alpha value is -0.180. The van der Waals surface area contributed by atoms with Gasteiger partial charge in [0.1, 0.15) is 0 Å². The Morgan fingerprint density at radius 1 is 1.50 bits per heavy atom. The lowest BCUT2D eigenvalue weighted by molar-refractivity contribution is -0.109. The molecule has 0 spiro atoms. The van der Waals surface area contributed by atoms with Crippen molar-refractivity contribution < 1.29 is 4.79 Å². The zero-order chi connectivity index (χ0) is 8.97. The SMILES string of the molecule is O=C(Cl)CSc1cccc(Cl)c1. The van der Waals surface area contributed by atoms with Crippen LogP contribution in [-0.2, 0) is 4.79 Å². The Labute approximate surface area is 85.1 Å². The van der Waals surface area contributed by atoms with Crippen LogP contribution in [-0.4, -0.2) is 11.0 Å². The minimum Gasteiger partial charge on any atom is -0.280 e. The summed E-state index contributed by atoms with van der Waals surface area (Å²) in [5, 5.41) is 0.321. The number of halogens is 2. The van der Waals surface area contributed by atoms with Crippen LogP contribution in [0.1, 0.15) is 0 Å². The fourth-order valence-corrected chi connectivity index (χ4v) is 1.78. The molecule has 0 bridgehead atoms. The van der Waals surface area contributed by atoms with E-state index in [9.17, 15) is 4.79 Å². The maximum absolute atomic E-state index is 10.4. The molecule has 1 aromatic carbocycles. The van der Waals surface area contributed by atoms with Gasteiger partial charge in [-0.2, -0.15) is 0 Å². The molecule has 1 aromatic rings. The zero-order valence-corrected chi connectivity index (χ0v) is 8.42. The molecule has 1 rings (SSSR count). The highest BCUT2D eigenvalue weighted by Crippen LogP contribution is 2.21. The first-order valence-corrected chi connectivity index (χ1v) is 4.99. The van der Waals surface area contributed by atoms with Crippen molar-refractivity contribution in [2.24, 2.45) is 0 Å². The predicted octanol–water partition coefficient (Wildman–Crippen LogP) is 3.20. The van der Waals surface area contributed by atoms with E-state index < -0.39 is 0 Å². The first kappa shape index (κ1) is 9.90. The average Bonchev–Trinajstić information content (AvgIpc) is 2.01. The van der Waals surface area contributed by atoms with Crippen molar-refractivity contribution in [3.63, 3.8) is 0 Å². The topological polar surface area (TPSA) is 17.1 Å². The van der Waals surface area contributed by atoms with Crippen molar-refractivity contribution >= 4 is 40.2 Å². The molecular weight excluding hydrogens is 215 g/mol. The third-order valence-electron chi connectivity index (χ3n) is 1.15. The lowest BCUT2D eigenvalue weighted by Crippen LogP contribution is -1.88. The van der Waals surface area contributed by atoms with E-state index in [2.05, 4.69) is 0 Å². The van der Waals surface area contributed by atoms with Gasteiger partial charge in [0, 0.05) is 9.92 Å². The summed E-state index contributed by atoms with van der Waals surface area (Å²) in [4.78, 5) is 11.4. The van der Waals surface area contributed by atoms with Gasteiger partial charge in [0.05, 0.1) is 5.75 Å². The molecular formula is C8H6Cl2OS. The second kappa shape index (κ2) is 4.75. The number of benzene rings is 1. The Morgan fingerprint density at radius 3 is 2.83 bits per heavy atom. The minimum absolute atomic E-state index is 0.280. The summed E-state index contributed by atoms with van der Waals surface area (Å²) in [7, 11) is 0. The number of carbonyl (C=O) groups is 1. The van der Waals surface area contributed by atoms with E-state index in [1.807, 2.05) is 12.1 Å². The summed E-state index contributed by atoms with van der Waals surface area (Å²) in [5.41, 5.74) is 0. The maximum atomic E-state index is 10.4. The van der Waals surface area contributed by atoms with Crippen LogP contribution in [0.4, 0.5) is 0 Å². The number of hydrogen-bond donors (Lipinski definition) is 0. The van der Waals surface area contributed by atoms with Crippen LogP contribution in [0.25, 0.3) is 0 Å². The van der Waals surface area contributed by atoms with Crippen molar-refractivity contribution in [3.05, 3.63) is 29.3 Å². The average molecular weight is 221 g/mol. The minimum atomic E-state index is -0.347. The second-order valence-electron chi connectivity index (χ2n) is 2.10. The number of rotatable bonds is 3. The van der Waals surface area contributed by atoms with Gasteiger partial charge >= 0.3 is 0 Å². The van der Waals surface area contributed by atoms with Gasteiger partial charge < -0.3 is 0 Å². The first-order chi connectivity index (χ1) is 5.68. The van der Waals surface area contributed by atoms with Crippen molar-refractivity contribution in [1.82, 2.24) is 0 Å². The summed E-state index contributed by atoms with van der Waals surface area (Å²) >= 11 is 12.3. The molecule has 1 nitrogen and oxygen atoms in total. The number of carbonyl (C=O) groups excluding carboxylic acids is 1. The van der Waals surface area contributed by atoms with Crippen LogP contribution in [0.2, 0.25) is 5.02 Å². The molecule has 64 valence electrons. The lowest BCUT2D eigenvalue weighted by Gasteiger charge is -1.97. The second-order valence-corrected chi connectivity index (χ2v) is 4.01. The van der Waals surface area contributed by atoms with Crippen molar-refractivity contribution in [2.45, 2.75) is 4.90 Å². The molecule has 0 aliphatic heterocycles. The van der Waals surface area contributed by atoms with E-state index in [-0.39, 0.29) is 11.0 Å². The molecule has 0 saturated heterocycles. The highest BCUT2D eigenvalue weighted by atomic mass is 35.5. The summed E-state index contributed by atoms with van der Waals surface area (Å²) in [6.45, 7) is 0. The van der Waals surface area contributed by atoms with Gasteiger partial charge in [-0.1, -0.05) is 17.7 Å². The van der Waals surface area contributed by atoms with E-state index in [1.165, 1.54) is 11.8 Å². The summed E-state index contributed by atoms with van der Waals surface area (Å²) in [6.07, 6.45) is 0. The monoisotopic (exact) mass is 220 g/mol. The van der Waals surface area contributed by atoms with Crippen LogP contribution in [0.5, 0.6) is 0 Å². The molecule has 0 aromatic heterocycles. The molecule has 12 heavy (non-hydrogen) atoms. The normalized spacial score (nSPS) is 9.83. The Bertz CT molecular complexity index is 288. The first-order valence-electron chi connectivity index (χ1n) is 3.25. The molecule has 0 aliphatic carbocycles. The van der Waals surface area contributed by atoms with Crippen molar-refractivity contribution in [3.8, 4) is 0 Å². The molecule has 0 fully saturated rings.